The SMILES string of the molecule is COc1ccc(-c2cncc3cc(C=C4SC(=O)N(CCO)C4=O)oc23)cc1. The maximum atomic E-state index is 12.3. The molecule has 0 aliphatic carbocycles. The van der Waals surface area contributed by atoms with Crippen molar-refractivity contribution in [1.29, 1.82) is 0 Å². The zero-order chi connectivity index (χ0) is 19.7. The van der Waals surface area contributed by atoms with Gasteiger partial charge < -0.3 is 14.3 Å². The van der Waals surface area contributed by atoms with Crippen LogP contribution in [0.4, 0.5) is 4.79 Å². The van der Waals surface area contributed by atoms with E-state index in [-0.39, 0.29) is 18.1 Å². The zero-order valence-corrected chi connectivity index (χ0v) is 15.7. The van der Waals surface area contributed by atoms with Crippen LogP contribution in [0.5, 0.6) is 5.75 Å². The Bertz CT molecular complexity index is 1090. The van der Waals surface area contributed by atoms with Crippen molar-refractivity contribution < 1.29 is 23.8 Å². The highest BCUT2D eigenvalue weighted by atomic mass is 32.2. The summed E-state index contributed by atoms with van der Waals surface area (Å²) in [5, 5.41) is 9.38. The van der Waals surface area contributed by atoms with Gasteiger partial charge in [0.25, 0.3) is 11.1 Å². The van der Waals surface area contributed by atoms with Gasteiger partial charge in [-0.05, 0) is 35.5 Å². The van der Waals surface area contributed by atoms with Crippen LogP contribution in [0.3, 0.4) is 0 Å². The van der Waals surface area contributed by atoms with Crippen LogP contribution in [0.15, 0.2) is 52.0 Å². The minimum atomic E-state index is -0.432. The predicted octanol–water partition coefficient (Wildman–Crippen LogP) is 3.53. The number of β-amino-alcohol motifs (C(OH)–C–C–N with tert-alkyl or cyclic N) is 1. The second-order valence-corrected chi connectivity index (χ2v) is 7.03. The van der Waals surface area contributed by atoms with E-state index in [2.05, 4.69) is 4.98 Å². The molecular formula is C20H16N2O5S. The first-order valence-electron chi connectivity index (χ1n) is 8.49. The minimum Gasteiger partial charge on any atom is -0.497 e. The first-order valence-corrected chi connectivity index (χ1v) is 9.30. The van der Waals surface area contributed by atoms with Gasteiger partial charge in [0.2, 0.25) is 0 Å². The van der Waals surface area contributed by atoms with E-state index in [4.69, 9.17) is 14.3 Å². The number of hydrogen-bond donors (Lipinski definition) is 1. The smallest absolute Gasteiger partial charge is 0.293 e. The quantitative estimate of drug-likeness (QED) is 0.660. The third-order valence-corrected chi connectivity index (χ3v) is 5.22. The maximum Gasteiger partial charge on any atom is 0.293 e. The molecule has 2 aromatic heterocycles. The van der Waals surface area contributed by atoms with Crippen LogP contribution in [0.1, 0.15) is 5.76 Å². The fourth-order valence-electron chi connectivity index (χ4n) is 2.95. The molecule has 1 aromatic carbocycles. The Morgan fingerprint density at radius 2 is 2.04 bits per heavy atom. The number of aromatic nitrogens is 1. The van der Waals surface area contributed by atoms with Gasteiger partial charge >= 0.3 is 0 Å². The van der Waals surface area contributed by atoms with Gasteiger partial charge in [-0.1, -0.05) is 12.1 Å². The van der Waals surface area contributed by atoms with Gasteiger partial charge in [-0.2, -0.15) is 0 Å². The number of rotatable bonds is 5. The molecule has 1 aliphatic heterocycles. The van der Waals surface area contributed by atoms with Crippen LogP contribution < -0.4 is 4.74 Å². The molecular weight excluding hydrogens is 380 g/mol. The van der Waals surface area contributed by atoms with Crippen molar-refractivity contribution in [2.75, 3.05) is 20.3 Å². The molecule has 3 aromatic rings. The predicted molar refractivity (Wildman–Crippen MR) is 106 cm³/mol. The van der Waals surface area contributed by atoms with E-state index < -0.39 is 11.1 Å². The number of methoxy groups -OCH3 is 1. The van der Waals surface area contributed by atoms with E-state index in [1.807, 2.05) is 24.3 Å². The second kappa shape index (κ2) is 7.49. The first kappa shape index (κ1) is 18.3. The standard InChI is InChI=1S/C20H16N2O5S/c1-26-14-4-2-12(3-5-14)16-11-21-10-13-8-15(27-18(13)16)9-17-19(24)22(6-7-23)20(25)28-17/h2-5,8-11,23H,6-7H2,1H3. The number of imide groups is 1. The lowest BCUT2D eigenvalue weighted by molar-refractivity contribution is -0.123. The molecule has 8 heteroatoms. The Morgan fingerprint density at radius 3 is 2.75 bits per heavy atom. The number of pyridine rings is 1. The van der Waals surface area contributed by atoms with Crippen LogP contribution >= 0.6 is 11.8 Å². The molecule has 1 N–H and O–H groups in total. The number of fused-ring (bicyclic) bond motifs is 1. The monoisotopic (exact) mass is 396 g/mol. The summed E-state index contributed by atoms with van der Waals surface area (Å²) in [6.45, 7) is -0.291. The van der Waals surface area contributed by atoms with Crippen molar-refractivity contribution in [2.24, 2.45) is 0 Å². The Kier molecular flexibility index (Phi) is 4.89. The number of benzene rings is 1. The van der Waals surface area contributed by atoms with Crippen molar-refractivity contribution in [1.82, 2.24) is 9.88 Å². The highest BCUT2D eigenvalue weighted by Crippen LogP contribution is 2.35. The number of hydrogen-bond acceptors (Lipinski definition) is 7. The van der Waals surface area contributed by atoms with Crippen LogP contribution in [0.2, 0.25) is 0 Å². The number of furan rings is 1. The van der Waals surface area contributed by atoms with Gasteiger partial charge in [0, 0.05) is 29.4 Å². The number of nitrogens with zero attached hydrogens (tertiary/aromatic N) is 2. The molecule has 0 saturated carbocycles. The van der Waals surface area contributed by atoms with E-state index >= 15 is 0 Å². The lowest BCUT2D eigenvalue weighted by Crippen LogP contribution is -2.30. The van der Waals surface area contributed by atoms with E-state index in [1.165, 1.54) is 0 Å². The van der Waals surface area contributed by atoms with Gasteiger partial charge in [-0.15, -0.1) is 0 Å². The summed E-state index contributed by atoms with van der Waals surface area (Å²) in [5.41, 5.74) is 2.37. The summed E-state index contributed by atoms with van der Waals surface area (Å²) in [7, 11) is 1.61. The molecule has 0 unspecified atom stereocenters. The summed E-state index contributed by atoms with van der Waals surface area (Å²) in [5.74, 6) is 0.771. The Labute approximate surface area is 164 Å². The molecule has 28 heavy (non-hydrogen) atoms. The van der Waals surface area contributed by atoms with Crippen LogP contribution in [0, 0.1) is 0 Å². The molecule has 142 valence electrons. The van der Waals surface area contributed by atoms with Gasteiger partial charge in [0.15, 0.2) is 0 Å². The van der Waals surface area contributed by atoms with E-state index in [1.54, 1.807) is 31.6 Å². The molecule has 0 atom stereocenters. The minimum absolute atomic E-state index is 0.0202. The van der Waals surface area contributed by atoms with Crippen molar-refractivity contribution >= 4 is 40.0 Å². The molecule has 4 rings (SSSR count). The summed E-state index contributed by atoms with van der Waals surface area (Å²) in [6, 6.07) is 9.31. The molecule has 0 spiro atoms. The van der Waals surface area contributed by atoms with Crippen molar-refractivity contribution in [3.05, 3.63) is 53.4 Å². The Morgan fingerprint density at radius 1 is 1.25 bits per heavy atom. The van der Waals surface area contributed by atoms with Crippen LogP contribution in [0.25, 0.3) is 28.2 Å². The van der Waals surface area contributed by atoms with Crippen molar-refractivity contribution in [3.63, 3.8) is 0 Å². The molecule has 1 saturated heterocycles. The Hall–Kier alpha value is -3.10. The summed E-state index contributed by atoms with van der Waals surface area (Å²) >= 11 is 0.829. The first-order chi connectivity index (χ1) is 13.6. The average Bonchev–Trinajstić information content (AvgIpc) is 3.24. The molecule has 0 bridgehead atoms. The lowest BCUT2D eigenvalue weighted by Gasteiger charge is -2.08. The summed E-state index contributed by atoms with van der Waals surface area (Å²) in [4.78, 5) is 29.8. The normalized spacial score (nSPS) is 15.8. The third kappa shape index (κ3) is 3.28. The number of ether oxygens (including phenoxy) is 1. The number of amides is 2. The number of carbonyl (C=O) groups is 2. The average molecular weight is 396 g/mol. The number of carbonyl (C=O) groups excluding carboxylic acids is 2. The molecule has 1 fully saturated rings. The third-order valence-electron chi connectivity index (χ3n) is 4.31. The largest absolute Gasteiger partial charge is 0.497 e. The van der Waals surface area contributed by atoms with Crippen molar-refractivity contribution in [2.45, 2.75) is 0 Å². The molecule has 1 aliphatic rings. The fraction of sp³-hybridized carbons (Fsp3) is 0.150. The van der Waals surface area contributed by atoms with Crippen LogP contribution in [-0.4, -0.2) is 46.4 Å². The van der Waals surface area contributed by atoms with Gasteiger partial charge in [-0.25, -0.2) is 0 Å². The summed E-state index contributed by atoms with van der Waals surface area (Å²) < 4.78 is 11.1. The number of thioether (sulfide) groups is 1. The molecule has 2 amide bonds. The fourth-order valence-corrected chi connectivity index (χ4v) is 3.80. The second-order valence-electron chi connectivity index (χ2n) is 6.04. The molecule has 7 nitrogen and oxygen atoms in total. The van der Waals surface area contributed by atoms with E-state index in [9.17, 15) is 9.59 Å². The highest BCUT2D eigenvalue weighted by molar-refractivity contribution is 8.18. The Balaban J connectivity index is 1.71. The molecule has 3 heterocycles. The van der Waals surface area contributed by atoms with Crippen molar-refractivity contribution in [3.8, 4) is 16.9 Å². The number of aliphatic hydroxyl groups excluding tert-OH is 1. The maximum absolute atomic E-state index is 12.3. The van der Waals surface area contributed by atoms with Crippen LogP contribution in [-0.2, 0) is 4.79 Å². The molecule has 0 radical (unpaired) electrons. The summed E-state index contributed by atoms with van der Waals surface area (Å²) in [6.07, 6.45) is 4.94. The van der Waals surface area contributed by atoms with E-state index in [0.29, 0.717) is 11.3 Å². The van der Waals surface area contributed by atoms with Gasteiger partial charge in [0.1, 0.15) is 17.1 Å². The van der Waals surface area contributed by atoms with Gasteiger partial charge in [-0.3, -0.25) is 19.5 Å². The highest BCUT2D eigenvalue weighted by Gasteiger charge is 2.34. The number of aliphatic hydroxyl groups is 1. The zero-order valence-electron chi connectivity index (χ0n) is 14.9. The van der Waals surface area contributed by atoms with Gasteiger partial charge in [0.05, 0.1) is 25.2 Å². The van der Waals surface area contributed by atoms with E-state index in [0.717, 1.165) is 38.9 Å². The lowest BCUT2D eigenvalue weighted by atomic mass is 10.1. The topological polar surface area (TPSA) is 92.9 Å².